The first-order valence-electron chi connectivity index (χ1n) is 7.42. The molecule has 2 rings (SSSR count). The van der Waals surface area contributed by atoms with Gasteiger partial charge in [-0.05, 0) is 37.3 Å². The third-order valence-electron chi connectivity index (χ3n) is 3.45. The molecule has 0 unspecified atom stereocenters. The molecule has 0 saturated carbocycles. The van der Waals surface area contributed by atoms with E-state index in [1.54, 1.807) is 36.4 Å². The Bertz CT molecular complexity index is 837. The summed E-state index contributed by atoms with van der Waals surface area (Å²) in [7, 11) is 0. The van der Waals surface area contributed by atoms with E-state index in [1.165, 1.54) is 24.8 Å². The molecule has 0 heterocycles. The van der Waals surface area contributed by atoms with E-state index < -0.39 is 5.91 Å². The SMILES string of the molecule is CC(=O)c1cccc(NC(=O)CN(C(C)=O)c2ccc(Cl)c(Cl)c2)c1. The number of ketones is 1. The fourth-order valence-corrected chi connectivity index (χ4v) is 2.49. The number of hydrogen-bond donors (Lipinski definition) is 1. The normalized spacial score (nSPS) is 10.2. The Morgan fingerprint density at radius 3 is 2.32 bits per heavy atom. The van der Waals surface area contributed by atoms with Crippen molar-refractivity contribution in [1.29, 1.82) is 0 Å². The molecule has 2 aromatic carbocycles. The standard InChI is InChI=1S/C18H16Cl2N2O3/c1-11(23)13-4-3-5-14(8-13)21-18(25)10-22(12(2)24)15-6-7-16(19)17(20)9-15/h3-9H,10H2,1-2H3,(H,21,25). The van der Waals surface area contributed by atoms with E-state index in [0.29, 0.717) is 27.0 Å². The van der Waals surface area contributed by atoms with Gasteiger partial charge < -0.3 is 10.2 Å². The van der Waals surface area contributed by atoms with Crippen molar-refractivity contribution in [2.75, 3.05) is 16.8 Å². The van der Waals surface area contributed by atoms with Gasteiger partial charge in [0, 0.05) is 23.9 Å². The maximum atomic E-state index is 12.3. The first-order chi connectivity index (χ1) is 11.8. The van der Waals surface area contributed by atoms with Crippen LogP contribution in [0.5, 0.6) is 0 Å². The van der Waals surface area contributed by atoms with E-state index in [0.717, 1.165) is 0 Å². The van der Waals surface area contributed by atoms with E-state index in [9.17, 15) is 14.4 Å². The minimum Gasteiger partial charge on any atom is -0.325 e. The van der Waals surface area contributed by atoms with Gasteiger partial charge in [-0.25, -0.2) is 0 Å². The highest BCUT2D eigenvalue weighted by Gasteiger charge is 2.17. The number of benzene rings is 2. The number of carbonyl (C=O) groups excluding carboxylic acids is 3. The molecule has 2 amide bonds. The lowest BCUT2D eigenvalue weighted by Gasteiger charge is -2.21. The molecule has 2 aromatic rings. The van der Waals surface area contributed by atoms with Crippen LogP contribution in [0.2, 0.25) is 10.0 Å². The molecule has 0 aliphatic carbocycles. The second-order valence-electron chi connectivity index (χ2n) is 5.39. The second-order valence-corrected chi connectivity index (χ2v) is 6.20. The number of halogens is 2. The van der Waals surface area contributed by atoms with Crippen LogP contribution in [0.3, 0.4) is 0 Å². The average molecular weight is 379 g/mol. The largest absolute Gasteiger partial charge is 0.325 e. The van der Waals surface area contributed by atoms with E-state index in [-0.39, 0.29) is 18.2 Å². The summed E-state index contributed by atoms with van der Waals surface area (Å²) in [6, 6.07) is 11.3. The summed E-state index contributed by atoms with van der Waals surface area (Å²) in [4.78, 5) is 36.9. The van der Waals surface area contributed by atoms with Gasteiger partial charge in [0.1, 0.15) is 6.54 Å². The minimum absolute atomic E-state index is 0.0998. The van der Waals surface area contributed by atoms with E-state index in [4.69, 9.17) is 23.2 Å². The Morgan fingerprint density at radius 2 is 1.72 bits per heavy atom. The highest BCUT2D eigenvalue weighted by molar-refractivity contribution is 6.42. The van der Waals surface area contributed by atoms with Gasteiger partial charge in [-0.15, -0.1) is 0 Å². The van der Waals surface area contributed by atoms with Crippen LogP contribution in [0.1, 0.15) is 24.2 Å². The molecule has 0 saturated heterocycles. The van der Waals surface area contributed by atoms with Crippen molar-refractivity contribution in [1.82, 2.24) is 0 Å². The molecule has 0 spiro atoms. The topological polar surface area (TPSA) is 66.5 Å². The van der Waals surface area contributed by atoms with E-state index >= 15 is 0 Å². The second kappa shape index (κ2) is 8.14. The lowest BCUT2D eigenvalue weighted by molar-refractivity contribution is -0.120. The lowest BCUT2D eigenvalue weighted by atomic mass is 10.1. The summed E-state index contributed by atoms with van der Waals surface area (Å²) in [6.45, 7) is 2.60. The lowest BCUT2D eigenvalue weighted by Crippen LogP contribution is -2.36. The summed E-state index contributed by atoms with van der Waals surface area (Å²) in [5.41, 5.74) is 1.44. The zero-order chi connectivity index (χ0) is 18.6. The number of rotatable bonds is 5. The van der Waals surface area contributed by atoms with E-state index in [2.05, 4.69) is 5.32 Å². The third kappa shape index (κ3) is 5.05. The summed E-state index contributed by atoms with van der Waals surface area (Å²) < 4.78 is 0. The van der Waals surface area contributed by atoms with Crippen LogP contribution in [0, 0.1) is 0 Å². The molecule has 0 fully saturated rings. The molecule has 1 N–H and O–H groups in total. The molecule has 0 bridgehead atoms. The first kappa shape index (κ1) is 19.0. The maximum Gasteiger partial charge on any atom is 0.244 e. The molecular weight excluding hydrogens is 363 g/mol. The van der Waals surface area contributed by atoms with Gasteiger partial charge in [0.25, 0.3) is 0 Å². The molecule has 0 aromatic heterocycles. The monoisotopic (exact) mass is 378 g/mol. The van der Waals surface area contributed by atoms with Crippen LogP contribution in [0.15, 0.2) is 42.5 Å². The van der Waals surface area contributed by atoms with Gasteiger partial charge in [-0.2, -0.15) is 0 Å². The molecule has 0 atom stereocenters. The molecule has 0 radical (unpaired) electrons. The number of carbonyl (C=O) groups is 3. The fourth-order valence-electron chi connectivity index (χ4n) is 2.20. The average Bonchev–Trinajstić information content (AvgIpc) is 2.55. The van der Waals surface area contributed by atoms with Gasteiger partial charge in [0.15, 0.2) is 5.78 Å². The number of hydrogen-bond acceptors (Lipinski definition) is 3. The van der Waals surface area contributed by atoms with Gasteiger partial charge in [0.05, 0.1) is 10.0 Å². The van der Waals surface area contributed by atoms with Crippen molar-refractivity contribution in [3.63, 3.8) is 0 Å². The summed E-state index contributed by atoms with van der Waals surface area (Å²) >= 11 is 11.8. The van der Waals surface area contributed by atoms with Crippen molar-refractivity contribution in [3.05, 3.63) is 58.1 Å². The van der Waals surface area contributed by atoms with Crippen molar-refractivity contribution >= 4 is 52.2 Å². The Balaban J connectivity index is 2.15. The molecular formula is C18H16Cl2N2O3. The molecule has 25 heavy (non-hydrogen) atoms. The van der Waals surface area contributed by atoms with Gasteiger partial charge in [-0.1, -0.05) is 35.3 Å². The van der Waals surface area contributed by atoms with Crippen LogP contribution >= 0.6 is 23.2 Å². The maximum absolute atomic E-state index is 12.3. The van der Waals surface area contributed by atoms with Crippen molar-refractivity contribution < 1.29 is 14.4 Å². The first-order valence-corrected chi connectivity index (χ1v) is 8.17. The number of amides is 2. The smallest absolute Gasteiger partial charge is 0.244 e. The number of nitrogens with zero attached hydrogens (tertiary/aromatic N) is 1. The highest BCUT2D eigenvalue weighted by Crippen LogP contribution is 2.27. The van der Waals surface area contributed by atoms with Gasteiger partial charge in [-0.3, -0.25) is 14.4 Å². The molecule has 5 nitrogen and oxygen atoms in total. The quantitative estimate of drug-likeness (QED) is 0.793. The third-order valence-corrected chi connectivity index (χ3v) is 4.19. The van der Waals surface area contributed by atoms with Crippen molar-refractivity contribution in [3.8, 4) is 0 Å². The van der Waals surface area contributed by atoms with Gasteiger partial charge in [0.2, 0.25) is 11.8 Å². The van der Waals surface area contributed by atoms with Crippen LogP contribution in [-0.2, 0) is 9.59 Å². The molecule has 0 aliphatic heterocycles. The van der Waals surface area contributed by atoms with Crippen LogP contribution in [-0.4, -0.2) is 24.1 Å². The summed E-state index contributed by atoms with van der Waals surface area (Å²) in [6.07, 6.45) is 0. The highest BCUT2D eigenvalue weighted by atomic mass is 35.5. The zero-order valence-electron chi connectivity index (χ0n) is 13.7. The molecule has 130 valence electrons. The zero-order valence-corrected chi connectivity index (χ0v) is 15.2. The van der Waals surface area contributed by atoms with Crippen molar-refractivity contribution in [2.45, 2.75) is 13.8 Å². The van der Waals surface area contributed by atoms with Crippen LogP contribution < -0.4 is 10.2 Å². The van der Waals surface area contributed by atoms with Crippen LogP contribution in [0.4, 0.5) is 11.4 Å². The fraction of sp³-hybridized carbons (Fsp3) is 0.167. The number of anilines is 2. The predicted molar refractivity (Wildman–Crippen MR) is 99.6 cm³/mol. The Labute approximate surface area is 155 Å². The Kier molecular flexibility index (Phi) is 6.17. The Hall–Kier alpha value is -2.37. The minimum atomic E-state index is -0.401. The molecule has 7 heteroatoms. The Morgan fingerprint density at radius 1 is 1.00 bits per heavy atom. The van der Waals surface area contributed by atoms with Gasteiger partial charge >= 0.3 is 0 Å². The number of Topliss-reactive ketones (excluding diaryl/α,β-unsaturated/α-hetero) is 1. The van der Waals surface area contributed by atoms with Crippen molar-refractivity contribution in [2.24, 2.45) is 0 Å². The summed E-state index contributed by atoms with van der Waals surface area (Å²) in [5, 5.41) is 3.33. The van der Waals surface area contributed by atoms with E-state index in [1.807, 2.05) is 0 Å². The summed E-state index contributed by atoms with van der Waals surface area (Å²) in [5.74, 6) is -0.815. The molecule has 0 aliphatic rings. The predicted octanol–water partition coefficient (Wildman–Crippen LogP) is 4.19. The number of nitrogens with one attached hydrogen (secondary N) is 1. The van der Waals surface area contributed by atoms with Crippen LogP contribution in [0.25, 0.3) is 0 Å².